The molecule has 0 aromatic heterocycles. The molecule has 2 nitrogen and oxygen atoms in total. The maximum Gasteiger partial charge on any atom is 0.0596 e. The van der Waals surface area contributed by atoms with E-state index in [1.807, 2.05) is 0 Å². The van der Waals surface area contributed by atoms with E-state index in [-0.39, 0.29) is 6.10 Å². The van der Waals surface area contributed by atoms with Crippen LogP contribution in [0.1, 0.15) is 32.1 Å². The summed E-state index contributed by atoms with van der Waals surface area (Å²) >= 11 is 0. The van der Waals surface area contributed by atoms with Crippen LogP contribution in [0.5, 0.6) is 0 Å². The number of hydrogen-bond acceptors (Lipinski definition) is 2. The molecular formula is C10H18O2. The molecule has 0 spiro atoms. The second kappa shape index (κ2) is 3.35. The Morgan fingerprint density at radius 2 is 1.67 bits per heavy atom. The molecule has 12 heavy (non-hydrogen) atoms. The van der Waals surface area contributed by atoms with Crippen LogP contribution >= 0.6 is 0 Å². The molecule has 0 amide bonds. The Hall–Kier alpha value is -0.0800. The molecule has 0 aromatic carbocycles. The minimum Gasteiger partial charge on any atom is -0.396 e. The molecule has 2 N–H and O–H groups in total. The maximum atomic E-state index is 9.82. The fraction of sp³-hybridized carbons (Fsp3) is 1.00. The Bertz CT molecular complexity index is 144. The molecule has 2 heteroatoms. The van der Waals surface area contributed by atoms with Crippen molar-refractivity contribution in [3.05, 3.63) is 0 Å². The van der Waals surface area contributed by atoms with Crippen LogP contribution in [0.25, 0.3) is 0 Å². The van der Waals surface area contributed by atoms with Gasteiger partial charge >= 0.3 is 0 Å². The van der Waals surface area contributed by atoms with E-state index in [4.69, 9.17) is 5.11 Å². The largest absolute Gasteiger partial charge is 0.396 e. The minimum absolute atomic E-state index is 0.0541. The summed E-state index contributed by atoms with van der Waals surface area (Å²) in [6.45, 7) is 0.319. The van der Waals surface area contributed by atoms with Gasteiger partial charge in [0.1, 0.15) is 0 Å². The van der Waals surface area contributed by atoms with Gasteiger partial charge in [0.15, 0.2) is 0 Å². The van der Waals surface area contributed by atoms with Gasteiger partial charge in [-0.05, 0) is 43.4 Å². The van der Waals surface area contributed by atoms with Crippen LogP contribution in [0.3, 0.4) is 0 Å². The molecule has 2 bridgehead atoms. The SMILES string of the molecule is OCC1C[C@H]2CCC[C@@H](C1)C2O. The van der Waals surface area contributed by atoms with Gasteiger partial charge in [0.25, 0.3) is 0 Å². The Morgan fingerprint density at radius 3 is 2.17 bits per heavy atom. The standard InChI is InChI=1S/C10H18O2/c11-6-7-4-8-2-1-3-9(5-7)10(8)12/h7-12H,1-6H2/t7?,8-,9+,10?. The van der Waals surface area contributed by atoms with Gasteiger partial charge in [0.05, 0.1) is 6.10 Å². The second-order valence-electron chi connectivity index (χ2n) is 4.46. The van der Waals surface area contributed by atoms with Gasteiger partial charge in [0.2, 0.25) is 0 Å². The minimum atomic E-state index is -0.0541. The molecule has 0 aromatic rings. The van der Waals surface area contributed by atoms with Crippen molar-refractivity contribution < 1.29 is 10.2 Å². The summed E-state index contributed by atoms with van der Waals surface area (Å²) in [6, 6.07) is 0. The lowest BCUT2D eigenvalue weighted by Gasteiger charge is -2.42. The van der Waals surface area contributed by atoms with Crippen molar-refractivity contribution in [1.82, 2.24) is 0 Å². The monoisotopic (exact) mass is 170 g/mol. The van der Waals surface area contributed by atoms with Crippen LogP contribution in [0.15, 0.2) is 0 Å². The summed E-state index contributed by atoms with van der Waals surface area (Å²) in [6.07, 6.45) is 5.68. The van der Waals surface area contributed by atoms with E-state index in [1.165, 1.54) is 19.3 Å². The van der Waals surface area contributed by atoms with Crippen LogP contribution in [0.2, 0.25) is 0 Å². The van der Waals surface area contributed by atoms with Crippen LogP contribution in [0, 0.1) is 17.8 Å². The lowest BCUT2D eigenvalue weighted by molar-refractivity contribution is -0.0428. The molecule has 0 radical (unpaired) electrons. The molecule has 2 aliphatic carbocycles. The first-order chi connectivity index (χ1) is 5.81. The number of rotatable bonds is 1. The molecule has 2 aliphatic rings. The number of aliphatic hydroxyl groups is 2. The van der Waals surface area contributed by atoms with Crippen molar-refractivity contribution >= 4 is 0 Å². The van der Waals surface area contributed by atoms with Gasteiger partial charge < -0.3 is 10.2 Å². The van der Waals surface area contributed by atoms with Crippen LogP contribution < -0.4 is 0 Å². The molecule has 0 aliphatic heterocycles. The normalized spacial score (nSPS) is 47.5. The third-order valence-electron chi connectivity index (χ3n) is 3.65. The Morgan fingerprint density at radius 1 is 1.08 bits per heavy atom. The van der Waals surface area contributed by atoms with E-state index in [0.717, 1.165) is 12.8 Å². The lowest BCUT2D eigenvalue weighted by atomic mass is 9.66. The molecule has 2 fully saturated rings. The van der Waals surface area contributed by atoms with Crippen molar-refractivity contribution in [3.63, 3.8) is 0 Å². The second-order valence-corrected chi connectivity index (χ2v) is 4.46. The molecule has 2 rings (SSSR count). The van der Waals surface area contributed by atoms with Crippen molar-refractivity contribution in [1.29, 1.82) is 0 Å². The van der Waals surface area contributed by atoms with Crippen LogP contribution in [0.4, 0.5) is 0 Å². The number of hydrogen-bond donors (Lipinski definition) is 2. The van der Waals surface area contributed by atoms with E-state index in [9.17, 15) is 5.11 Å². The van der Waals surface area contributed by atoms with E-state index < -0.39 is 0 Å². The third kappa shape index (κ3) is 1.38. The van der Waals surface area contributed by atoms with Gasteiger partial charge in [-0.25, -0.2) is 0 Å². The predicted molar refractivity (Wildman–Crippen MR) is 46.6 cm³/mol. The smallest absolute Gasteiger partial charge is 0.0596 e. The molecule has 4 atom stereocenters. The highest BCUT2D eigenvalue weighted by molar-refractivity contribution is 4.89. The number of aliphatic hydroxyl groups excluding tert-OH is 2. The predicted octanol–water partition coefficient (Wildman–Crippen LogP) is 1.17. The van der Waals surface area contributed by atoms with E-state index in [0.29, 0.717) is 24.4 Å². The topological polar surface area (TPSA) is 40.5 Å². The summed E-state index contributed by atoms with van der Waals surface area (Å²) in [5.74, 6) is 1.47. The van der Waals surface area contributed by atoms with Crippen molar-refractivity contribution in [2.45, 2.75) is 38.2 Å². The van der Waals surface area contributed by atoms with Crippen LogP contribution in [-0.2, 0) is 0 Å². The number of fused-ring (bicyclic) bond motifs is 2. The molecule has 0 saturated heterocycles. The first-order valence-corrected chi connectivity index (χ1v) is 5.10. The average molecular weight is 170 g/mol. The molecule has 2 unspecified atom stereocenters. The third-order valence-corrected chi connectivity index (χ3v) is 3.65. The fourth-order valence-corrected chi connectivity index (χ4v) is 2.98. The van der Waals surface area contributed by atoms with Gasteiger partial charge in [-0.3, -0.25) is 0 Å². The molecule has 70 valence electrons. The fourth-order valence-electron chi connectivity index (χ4n) is 2.98. The van der Waals surface area contributed by atoms with Gasteiger partial charge in [0, 0.05) is 6.61 Å². The zero-order valence-electron chi connectivity index (χ0n) is 7.45. The zero-order chi connectivity index (χ0) is 8.55. The molecule has 2 saturated carbocycles. The lowest BCUT2D eigenvalue weighted by Crippen LogP contribution is -2.41. The Labute approximate surface area is 73.6 Å². The zero-order valence-corrected chi connectivity index (χ0v) is 7.45. The molecule has 0 heterocycles. The van der Waals surface area contributed by atoms with Crippen molar-refractivity contribution in [2.24, 2.45) is 17.8 Å². The van der Waals surface area contributed by atoms with Gasteiger partial charge in [-0.15, -0.1) is 0 Å². The highest BCUT2D eigenvalue weighted by Gasteiger charge is 2.38. The van der Waals surface area contributed by atoms with E-state index in [1.54, 1.807) is 0 Å². The average Bonchev–Trinajstić information content (AvgIpc) is 2.04. The van der Waals surface area contributed by atoms with Gasteiger partial charge in [-0.2, -0.15) is 0 Å². The first kappa shape index (κ1) is 8.52. The van der Waals surface area contributed by atoms with Gasteiger partial charge in [-0.1, -0.05) is 6.42 Å². The highest BCUT2D eigenvalue weighted by Crippen LogP contribution is 2.42. The summed E-state index contributed by atoms with van der Waals surface area (Å²) in [5.41, 5.74) is 0. The summed E-state index contributed by atoms with van der Waals surface area (Å²) in [4.78, 5) is 0. The van der Waals surface area contributed by atoms with E-state index >= 15 is 0 Å². The van der Waals surface area contributed by atoms with Crippen molar-refractivity contribution in [3.8, 4) is 0 Å². The highest BCUT2D eigenvalue weighted by atomic mass is 16.3. The Kier molecular flexibility index (Phi) is 2.37. The quantitative estimate of drug-likeness (QED) is 0.620. The first-order valence-electron chi connectivity index (χ1n) is 5.10. The maximum absolute atomic E-state index is 9.82. The molecular weight excluding hydrogens is 152 g/mol. The Balaban J connectivity index is 2.02. The summed E-state index contributed by atoms with van der Waals surface area (Å²) < 4.78 is 0. The van der Waals surface area contributed by atoms with E-state index in [2.05, 4.69) is 0 Å². The van der Waals surface area contributed by atoms with Crippen molar-refractivity contribution in [2.75, 3.05) is 6.61 Å². The summed E-state index contributed by atoms with van der Waals surface area (Å²) in [5, 5.41) is 18.9. The summed E-state index contributed by atoms with van der Waals surface area (Å²) in [7, 11) is 0. The van der Waals surface area contributed by atoms with Crippen LogP contribution in [-0.4, -0.2) is 22.9 Å².